The third-order valence-electron chi connectivity index (χ3n) is 3.79. The van der Waals surface area contributed by atoms with Crippen molar-refractivity contribution < 1.29 is 0 Å². The summed E-state index contributed by atoms with van der Waals surface area (Å²) >= 11 is 7.66. The molecule has 1 N–H and O–H groups in total. The summed E-state index contributed by atoms with van der Waals surface area (Å²) in [7, 11) is 0. The van der Waals surface area contributed by atoms with Crippen molar-refractivity contribution in [3.8, 4) is 0 Å². The average molecular weight is 271 g/mol. The van der Waals surface area contributed by atoms with E-state index in [1.54, 1.807) is 11.3 Å². The Morgan fingerprint density at radius 1 is 1.41 bits per heavy atom. The maximum Gasteiger partial charge on any atom is 0.0931 e. The number of hydrogen-bond donors (Lipinski definition) is 1. The molecule has 1 aliphatic heterocycles. The van der Waals surface area contributed by atoms with Gasteiger partial charge in [0.05, 0.1) is 4.34 Å². The summed E-state index contributed by atoms with van der Waals surface area (Å²) in [4.78, 5) is 3.99. The number of nitrogens with zero attached hydrogens (tertiary/aromatic N) is 1. The van der Waals surface area contributed by atoms with Crippen LogP contribution in [0, 0.1) is 0 Å². The zero-order chi connectivity index (χ0) is 11.8. The highest BCUT2D eigenvalue weighted by molar-refractivity contribution is 7.16. The summed E-state index contributed by atoms with van der Waals surface area (Å²) in [5.74, 6) is 0. The summed E-state index contributed by atoms with van der Waals surface area (Å²) in [6.07, 6.45) is 4.13. The number of hydrogen-bond acceptors (Lipinski definition) is 3. The molecule has 0 bridgehead atoms. The Morgan fingerprint density at radius 2 is 2.24 bits per heavy atom. The van der Waals surface area contributed by atoms with E-state index >= 15 is 0 Å². The third-order valence-corrected chi connectivity index (χ3v) is 5.20. The van der Waals surface area contributed by atoms with Crippen LogP contribution < -0.4 is 5.32 Å². The van der Waals surface area contributed by atoms with E-state index in [9.17, 15) is 0 Å². The molecule has 2 unspecified atom stereocenters. The molecule has 2 heterocycles. The highest BCUT2D eigenvalue weighted by Gasteiger charge is 2.34. The highest BCUT2D eigenvalue weighted by Crippen LogP contribution is 2.31. The molecule has 1 aliphatic carbocycles. The minimum absolute atomic E-state index is 0.427. The highest BCUT2D eigenvalue weighted by atomic mass is 35.5. The predicted octanol–water partition coefficient (Wildman–Crippen LogP) is 3.29. The third kappa shape index (κ3) is 2.84. The average Bonchev–Trinajstić information content (AvgIpc) is 2.90. The van der Waals surface area contributed by atoms with Crippen molar-refractivity contribution in [1.29, 1.82) is 0 Å². The molecular formula is C13H19ClN2S. The molecule has 2 fully saturated rings. The van der Waals surface area contributed by atoms with Crippen molar-refractivity contribution in [2.24, 2.45) is 0 Å². The molecular weight excluding hydrogens is 252 g/mol. The van der Waals surface area contributed by atoms with Crippen LogP contribution in [0.1, 0.15) is 37.1 Å². The van der Waals surface area contributed by atoms with Crippen molar-refractivity contribution in [2.75, 3.05) is 13.1 Å². The molecule has 1 saturated carbocycles. The number of thiophene rings is 1. The molecule has 0 radical (unpaired) electrons. The van der Waals surface area contributed by atoms with Gasteiger partial charge in [0.25, 0.3) is 0 Å². The SMILES string of the molecule is CC(NC1CCN(C2CC2)C1)c1ccc(Cl)s1. The van der Waals surface area contributed by atoms with Gasteiger partial charge in [-0.25, -0.2) is 0 Å². The molecule has 2 atom stereocenters. The van der Waals surface area contributed by atoms with Crippen molar-refractivity contribution in [1.82, 2.24) is 10.2 Å². The van der Waals surface area contributed by atoms with Crippen LogP contribution in [0.25, 0.3) is 0 Å². The number of rotatable bonds is 4. The zero-order valence-corrected chi connectivity index (χ0v) is 11.7. The quantitative estimate of drug-likeness (QED) is 0.903. The summed E-state index contributed by atoms with van der Waals surface area (Å²) in [6.45, 7) is 4.75. The lowest BCUT2D eigenvalue weighted by Crippen LogP contribution is -2.34. The summed E-state index contributed by atoms with van der Waals surface area (Å²) in [5, 5.41) is 3.73. The van der Waals surface area contributed by atoms with E-state index in [1.807, 2.05) is 6.07 Å². The van der Waals surface area contributed by atoms with E-state index in [1.165, 1.54) is 37.2 Å². The normalized spacial score (nSPS) is 27.5. The lowest BCUT2D eigenvalue weighted by atomic mass is 10.2. The molecule has 17 heavy (non-hydrogen) atoms. The Kier molecular flexibility index (Phi) is 3.44. The Morgan fingerprint density at radius 3 is 2.88 bits per heavy atom. The van der Waals surface area contributed by atoms with Crippen molar-refractivity contribution in [3.05, 3.63) is 21.3 Å². The molecule has 4 heteroatoms. The van der Waals surface area contributed by atoms with E-state index in [0.29, 0.717) is 12.1 Å². The second kappa shape index (κ2) is 4.88. The molecule has 2 nitrogen and oxygen atoms in total. The zero-order valence-electron chi connectivity index (χ0n) is 10.2. The first-order valence-electron chi connectivity index (χ1n) is 6.47. The van der Waals surface area contributed by atoms with Gasteiger partial charge in [-0.1, -0.05) is 11.6 Å². The summed E-state index contributed by atoms with van der Waals surface area (Å²) in [6, 6.07) is 6.12. The minimum Gasteiger partial charge on any atom is -0.305 e. The van der Waals surface area contributed by atoms with Crippen LogP contribution in [0.15, 0.2) is 12.1 Å². The van der Waals surface area contributed by atoms with Gasteiger partial charge in [-0.15, -0.1) is 11.3 Å². The van der Waals surface area contributed by atoms with Gasteiger partial charge in [0.1, 0.15) is 0 Å². The van der Waals surface area contributed by atoms with Crippen molar-refractivity contribution in [3.63, 3.8) is 0 Å². The first-order valence-corrected chi connectivity index (χ1v) is 7.67. The van der Waals surface area contributed by atoms with Gasteiger partial charge in [-0.05, 0) is 38.3 Å². The lowest BCUT2D eigenvalue weighted by molar-refractivity contribution is 0.314. The Hall–Kier alpha value is -0.0900. The van der Waals surface area contributed by atoms with Crippen LogP contribution in [0.2, 0.25) is 4.34 Å². The first kappa shape index (κ1) is 12.0. The lowest BCUT2D eigenvalue weighted by Gasteiger charge is -2.19. The predicted molar refractivity (Wildman–Crippen MR) is 73.9 cm³/mol. The second-order valence-electron chi connectivity index (χ2n) is 5.24. The molecule has 0 amide bonds. The fourth-order valence-electron chi connectivity index (χ4n) is 2.69. The number of likely N-dealkylation sites (tertiary alicyclic amines) is 1. The van der Waals surface area contributed by atoms with E-state index in [0.717, 1.165) is 10.4 Å². The number of nitrogens with one attached hydrogen (secondary N) is 1. The maximum atomic E-state index is 5.98. The Balaban J connectivity index is 1.53. The molecule has 94 valence electrons. The second-order valence-corrected chi connectivity index (χ2v) is 6.99. The monoisotopic (exact) mass is 270 g/mol. The van der Waals surface area contributed by atoms with Crippen LogP contribution in [-0.2, 0) is 0 Å². The molecule has 0 aromatic carbocycles. The van der Waals surface area contributed by atoms with E-state index < -0.39 is 0 Å². The van der Waals surface area contributed by atoms with E-state index in [-0.39, 0.29) is 0 Å². The van der Waals surface area contributed by atoms with Gasteiger partial charge in [0.2, 0.25) is 0 Å². The van der Waals surface area contributed by atoms with Gasteiger partial charge in [-0.3, -0.25) is 4.90 Å². The largest absolute Gasteiger partial charge is 0.305 e. The van der Waals surface area contributed by atoms with Crippen LogP contribution in [0.3, 0.4) is 0 Å². The minimum atomic E-state index is 0.427. The van der Waals surface area contributed by atoms with Crippen molar-refractivity contribution >= 4 is 22.9 Å². The Bertz CT molecular complexity index is 389. The smallest absolute Gasteiger partial charge is 0.0931 e. The maximum absolute atomic E-state index is 5.98. The van der Waals surface area contributed by atoms with Gasteiger partial charge in [0, 0.05) is 36.1 Å². The standard InChI is InChI=1S/C13H19ClN2S/c1-9(12-4-5-13(14)17-12)15-10-6-7-16(8-10)11-2-3-11/h4-5,9-11,15H,2-3,6-8H2,1H3. The van der Waals surface area contributed by atoms with Crippen LogP contribution in [0.4, 0.5) is 0 Å². The molecule has 0 spiro atoms. The van der Waals surface area contributed by atoms with Crippen LogP contribution >= 0.6 is 22.9 Å². The fourth-order valence-corrected chi connectivity index (χ4v) is 3.76. The molecule has 1 aromatic heterocycles. The summed E-state index contributed by atoms with van der Waals surface area (Å²) < 4.78 is 0.889. The van der Waals surface area contributed by atoms with Crippen molar-refractivity contribution in [2.45, 2.75) is 44.3 Å². The topological polar surface area (TPSA) is 15.3 Å². The van der Waals surface area contributed by atoms with E-state index in [4.69, 9.17) is 11.6 Å². The number of halogens is 1. The van der Waals surface area contributed by atoms with Gasteiger partial charge >= 0.3 is 0 Å². The first-order chi connectivity index (χ1) is 8.22. The molecule has 2 aliphatic rings. The molecule has 1 saturated heterocycles. The van der Waals surface area contributed by atoms with Crippen LogP contribution in [-0.4, -0.2) is 30.1 Å². The Labute approximate surface area is 112 Å². The molecule has 1 aromatic rings. The van der Waals surface area contributed by atoms with Gasteiger partial charge in [0.15, 0.2) is 0 Å². The van der Waals surface area contributed by atoms with Gasteiger partial charge < -0.3 is 5.32 Å². The van der Waals surface area contributed by atoms with Gasteiger partial charge in [-0.2, -0.15) is 0 Å². The van der Waals surface area contributed by atoms with Crippen LogP contribution in [0.5, 0.6) is 0 Å². The fraction of sp³-hybridized carbons (Fsp3) is 0.692. The van der Waals surface area contributed by atoms with E-state index in [2.05, 4.69) is 23.2 Å². The molecule has 3 rings (SSSR count). The summed E-state index contributed by atoms with van der Waals surface area (Å²) in [5.41, 5.74) is 0.